The van der Waals surface area contributed by atoms with Gasteiger partial charge in [-0.25, -0.2) is 0 Å². The van der Waals surface area contributed by atoms with Gasteiger partial charge in [-0.15, -0.1) is 11.3 Å². The van der Waals surface area contributed by atoms with Gasteiger partial charge in [-0.2, -0.15) is 0 Å². The first-order valence-corrected chi connectivity index (χ1v) is 7.91. The molecule has 0 saturated carbocycles. The van der Waals surface area contributed by atoms with Crippen LogP contribution in [0.3, 0.4) is 0 Å². The summed E-state index contributed by atoms with van der Waals surface area (Å²) in [6, 6.07) is 8.61. The second-order valence-corrected chi connectivity index (χ2v) is 6.42. The molecular weight excluding hydrogens is 282 g/mol. The van der Waals surface area contributed by atoms with Crippen molar-refractivity contribution in [3.63, 3.8) is 0 Å². The largest absolute Gasteiger partial charge is 0.409 e. The van der Waals surface area contributed by atoms with Gasteiger partial charge in [0.05, 0.1) is 6.04 Å². The standard InChI is InChI=1S/C16H19N3OS/c1-10-3-4-14(13(9-10)16(17)18-20)19-7-5-15-12(11(19)2)6-8-21-15/h3-4,6,8-9,11,20H,5,7H2,1-2H3,(H2,17,18). The van der Waals surface area contributed by atoms with Crippen LogP contribution < -0.4 is 10.6 Å². The zero-order valence-electron chi connectivity index (χ0n) is 12.2. The minimum absolute atomic E-state index is 0.164. The molecule has 2 heterocycles. The fraction of sp³-hybridized carbons (Fsp3) is 0.312. The Morgan fingerprint density at radius 2 is 2.24 bits per heavy atom. The zero-order valence-corrected chi connectivity index (χ0v) is 13.0. The van der Waals surface area contributed by atoms with Crippen molar-refractivity contribution in [1.82, 2.24) is 0 Å². The minimum atomic E-state index is 0.164. The molecule has 5 heteroatoms. The van der Waals surface area contributed by atoms with Crippen molar-refractivity contribution in [2.24, 2.45) is 10.9 Å². The molecular formula is C16H19N3OS. The number of hydrogen-bond acceptors (Lipinski definition) is 4. The highest BCUT2D eigenvalue weighted by Crippen LogP contribution is 2.37. The molecule has 21 heavy (non-hydrogen) atoms. The maximum atomic E-state index is 9.04. The maximum Gasteiger partial charge on any atom is 0.172 e. The van der Waals surface area contributed by atoms with Gasteiger partial charge >= 0.3 is 0 Å². The number of thiophene rings is 1. The van der Waals surface area contributed by atoms with Crippen LogP contribution in [0, 0.1) is 6.92 Å². The summed E-state index contributed by atoms with van der Waals surface area (Å²) in [6.45, 7) is 5.17. The third-order valence-electron chi connectivity index (χ3n) is 4.12. The summed E-state index contributed by atoms with van der Waals surface area (Å²) in [5.41, 5.74) is 10.2. The molecule has 0 amide bonds. The number of nitrogens with two attached hydrogens (primary N) is 1. The monoisotopic (exact) mass is 301 g/mol. The first-order valence-electron chi connectivity index (χ1n) is 7.03. The van der Waals surface area contributed by atoms with Crippen molar-refractivity contribution in [3.8, 4) is 0 Å². The first kappa shape index (κ1) is 13.9. The van der Waals surface area contributed by atoms with E-state index >= 15 is 0 Å². The van der Waals surface area contributed by atoms with E-state index in [1.165, 1.54) is 10.4 Å². The minimum Gasteiger partial charge on any atom is -0.409 e. The van der Waals surface area contributed by atoms with Crippen LogP contribution in [0.4, 0.5) is 5.69 Å². The molecule has 2 aromatic rings. The van der Waals surface area contributed by atoms with E-state index in [4.69, 9.17) is 10.9 Å². The number of rotatable bonds is 2. The van der Waals surface area contributed by atoms with Gasteiger partial charge in [0, 0.05) is 22.7 Å². The summed E-state index contributed by atoms with van der Waals surface area (Å²) in [7, 11) is 0. The molecule has 110 valence electrons. The third kappa shape index (κ3) is 2.38. The lowest BCUT2D eigenvalue weighted by atomic mass is 9.98. The van der Waals surface area contributed by atoms with Gasteiger partial charge < -0.3 is 15.8 Å². The number of oxime groups is 1. The topological polar surface area (TPSA) is 61.8 Å². The van der Waals surface area contributed by atoms with E-state index in [-0.39, 0.29) is 5.84 Å². The number of amidine groups is 1. The van der Waals surface area contributed by atoms with Crippen molar-refractivity contribution in [1.29, 1.82) is 0 Å². The fourth-order valence-corrected chi connectivity index (χ4v) is 3.96. The van der Waals surface area contributed by atoms with E-state index in [0.29, 0.717) is 6.04 Å². The molecule has 0 aliphatic carbocycles. The molecule has 0 radical (unpaired) electrons. The average Bonchev–Trinajstić information content (AvgIpc) is 2.97. The molecule has 1 unspecified atom stereocenters. The summed E-state index contributed by atoms with van der Waals surface area (Å²) in [6.07, 6.45) is 1.04. The fourth-order valence-electron chi connectivity index (χ4n) is 3.00. The highest BCUT2D eigenvalue weighted by atomic mass is 32.1. The molecule has 1 aliphatic heterocycles. The number of aryl methyl sites for hydroxylation is 1. The summed E-state index contributed by atoms with van der Waals surface area (Å²) in [5, 5.41) is 14.4. The van der Waals surface area contributed by atoms with Crippen LogP contribution in [-0.4, -0.2) is 17.6 Å². The van der Waals surface area contributed by atoms with Gasteiger partial charge in [0.15, 0.2) is 5.84 Å². The van der Waals surface area contributed by atoms with Crippen LogP contribution in [0.5, 0.6) is 0 Å². The van der Waals surface area contributed by atoms with Gasteiger partial charge in [-0.1, -0.05) is 16.8 Å². The predicted molar refractivity (Wildman–Crippen MR) is 87.5 cm³/mol. The van der Waals surface area contributed by atoms with Crippen molar-refractivity contribution >= 4 is 22.9 Å². The molecule has 3 rings (SSSR count). The summed E-state index contributed by atoms with van der Waals surface area (Å²) in [5.74, 6) is 0.164. The number of hydrogen-bond donors (Lipinski definition) is 2. The molecule has 4 nitrogen and oxygen atoms in total. The predicted octanol–water partition coefficient (Wildman–Crippen LogP) is 3.27. The Hall–Kier alpha value is -2.01. The van der Waals surface area contributed by atoms with E-state index in [0.717, 1.165) is 29.8 Å². The molecule has 0 saturated heterocycles. The summed E-state index contributed by atoms with van der Waals surface area (Å²) in [4.78, 5) is 3.80. The lowest BCUT2D eigenvalue weighted by Crippen LogP contribution is -2.34. The molecule has 1 atom stereocenters. The Kier molecular flexibility index (Phi) is 3.59. The third-order valence-corrected chi connectivity index (χ3v) is 5.12. The molecule has 3 N–H and O–H groups in total. The molecule has 1 aromatic heterocycles. The smallest absolute Gasteiger partial charge is 0.172 e. The van der Waals surface area contributed by atoms with E-state index in [1.807, 2.05) is 24.3 Å². The summed E-state index contributed by atoms with van der Waals surface area (Å²) >= 11 is 1.83. The van der Waals surface area contributed by atoms with Crippen molar-refractivity contribution in [2.75, 3.05) is 11.4 Å². The number of benzene rings is 1. The maximum absolute atomic E-state index is 9.04. The molecule has 0 bridgehead atoms. The lowest BCUT2D eigenvalue weighted by molar-refractivity contribution is 0.318. The number of fused-ring (bicyclic) bond motifs is 1. The van der Waals surface area contributed by atoms with E-state index in [1.54, 1.807) is 0 Å². The van der Waals surface area contributed by atoms with E-state index in [9.17, 15) is 0 Å². The van der Waals surface area contributed by atoms with Crippen LogP contribution in [0.25, 0.3) is 0 Å². The Morgan fingerprint density at radius 1 is 1.43 bits per heavy atom. The van der Waals surface area contributed by atoms with Gasteiger partial charge in [0.25, 0.3) is 0 Å². The quantitative estimate of drug-likeness (QED) is 0.387. The number of nitrogens with zero attached hydrogens (tertiary/aromatic N) is 2. The van der Waals surface area contributed by atoms with Crippen LogP contribution in [0.2, 0.25) is 0 Å². The SMILES string of the molecule is Cc1ccc(N2CCc3sccc3C2C)c(/C(N)=N/O)c1. The van der Waals surface area contributed by atoms with E-state index in [2.05, 4.69) is 40.6 Å². The van der Waals surface area contributed by atoms with E-state index < -0.39 is 0 Å². The van der Waals surface area contributed by atoms with Gasteiger partial charge in [0.1, 0.15) is 0 Å². The van der Waals surface area contributed by atoms with Crippen molar-refractivity contribution in [2.45, 2.75) is 26.3 Å². The number of anilines is 1. The average molecular weight is 301 g/mol. The molecule has 0 spiro atoms. The Morgan fingerprint density at radius 3 is 3.00 bits per heavy atom. The van der Waals surface area contributed by atoms with Crippen molar-refractivity contribution in [3.05, 3.63) is 51.2 Å². The van der Waals surface area contributed by atoms with Crippen LogP contribution in [0.1, 0.15) is 34.5 Å². The van der Waals surface area contributed by atoms with Crippen LogP contribution in [-0.2, 0) is 6.42 Å². The normalized spacial score (nSPS) is 18.7. The molecule has 1 aromatic carbocycles. The van der Waals surface area contributed by atoms with Gasteiger partial charge in [-0.05, 0) is 49.4 Å². The first-order chi connectivity index (χ1) is 10.1. The Bertz CT molecular complexity index is 693. The second-order valence-electron chi connectivity index (χ2n) is 5.42. The van der Waals surface area contributed by atoms with Crippen LogP contribution >= 0.6 is 11.3 Å². The lowest BCUT2D eigenvalue weighted by Gasteiger charge is -2.36. The second kappa shape index (κ2) is 5.41. The summed E-state index contributed by atoms with van der Waals surface area (Å²) < 4.78 is 0. The van der Waals surface area contributed by atoms with Gasteiger partial charge in [0.2, 0.25) is 0 Å². The van der Waals surface area contributed by atoms with Crippen LogP contribution in [0.15, 0.2) is 34.8 Å². The van der Waals surface area contributed by atoms with Crippen molar-refractivity contribution < 1.29 is 5.21 Å². The highest BCUT2D eigenvalue weighted by molar-refractivity contribution is 7.10. The molecule has 0 fully saturated rings. The molecule has 1 aliphatic rings. The highest BCUT2D eigenvalue weighted by Gasteiger charge is 2.27. The Balaban J connectivity index is 2.06. The zero-order chi connectivity index (χ0) is 15.0. The Labute approximate surface area is 128 Å². The van der Waals surface area contributed by atoms with Gasteiger partial charge in [-0.3, -0.25) is 0 Å².